The smallest absolute Gasteiger partial charge is 0.239 e. The monoisotopic (exact) mass is 407 g/mol. The lowest BCUT2D eigenvalue weighted by Gasteiger charge is -2.16. The van der Waals surface area contributed by atoms with Crippen LogP contribution in [0.1, 0.15) is 5.56 Å². The fourth-order valence-electron chi connectivity index (χ4n) is 2.81. The van der Waals surface area contributed by atoms with E-state index in [0.717, 1.165) is 11.9 Å². The molecule has 11 nitrogen and oxygen atoms in total. The number of nitrogens with zero attached hydrogens (tertiary/aromatic N) is 2. The molecule has 0 radical (unpaired) electrons. The first-order chi connectivity index (χ1) is 12.8. The van der Waals surface area contributed by atoms with Gasteiger partial charge >= 0.3 is 0 Å². The number of imidazole rings is 1. The van der Waals surface area contributed by atoms with E-state index in [1.807, 2.05) is 5.53 Å². The molecule has 2 aromatic carbocycles. The largest absolute Gasteiger partial charge is 0.382 e. The van der Waals surface area contributed by atoms with Crippen LogP contribution in [0.2, 0.25) is 0 Å². The van der Waals surface area contributed by atoms with Crippen molar-refractivity contribution in [2.24, 2.45) is 27.0 Å². The molecule has 12 N–H and O–H groups in total. The quantitative estimate of drug-likeness (QED) is 0.0952. The van der Waals surface area contributed by atoms with Gasteiger partial charge < -0.3 is 16.5 Å². The van der Waals surface area contributed by atoms with Crippen molar-refractivity contribution in [3.63, 3.8) is 0 Å². The van der Waals surface area contributed by atoms with Gasteiger partial charge in [-0.25, -0.2) is 29.9 Å². The number of hydrogen-bond acceptors (Lipinski definition) is 9. The molecule has 0 spiro atoms. The zero-order valence-corrected chi connectivity index (χ0v) is 15.4. The molecule has 27 heavy (non-hydrogen) atoms. The number of anilines is 1. The number of H-pyrrole nitrogens is 1. The second-order valence-corrected chi connectivity index (χ2v) is 7.60. The van der Waals surface area contributed by atoms with E-state index in [1.165, 1.54) is 6.07 Å². The van der Waals surface area contributed by atoms with Gasteiger partial charge in [0.25, 0.3) is 0 Å². The van der Waals surface area contributed by atoms with Gasteiger partial charge in [0.15, 0.2) is 11.8 Å². The average molecular weight is 407 g/mol. The third-order valence-corrected chi connectivity index (χ3v) is 5.51. The molecule has 0 amide bonds. The number of hydrazine groups is 1. The molecule has 0 bridgehead atoms. The molecule has 1 heterocycles. The number of hydrogen-bond donors (Lipinski definition) is 7. The summed E-state index contributed by atoms with van der Waals surface area (Å²) < 4.78 is 24.6. The number of hydrazone groups is 1. The van der Waals surface area contributed by atoms with Crippen LogP contribution in [0.25, 0.3) is 22.2 Å². The summed E-state index contributed by atoms with van der Waals surface area (Å²) in [4.78, 5) is 7.13. The highest BCUT2D eigenvalue weighted by molar-refractivity contribution is 7.98. The number of nitrogen functional groups attached to an aromatic ring is 1. The summed E-state index contributed by atoms with van der Waals surface area (Å²) in [6.07, 6.45) is 0. The summed E-state index contributed by atoms with van der Waals surface area (Å²) in [5.74, 6) is 5.24. The molecule has 0 unspecified atom stereocenters. The highest BCUT2D eigenvalue weighted by atomic mass is 32.2. The van der Waals surface area contributed by atoms with Gasteiger partial charge in [-0.2, -0.15) is 0 Å². The fraction of sp³-hybridized carbons (Fsp3) is 0. The van der Waals surface area contributed by atoms with Crippen LogP contribution in [0.4, 0.5) is 5.95 Å². The zero-order valence-electron chi connectivity index (χ0n) is 13.8. The summed E-state index contributed by atoms with van der Waals surface area (Å²) in [5, 5.41) is 14.8. The fourth-order valence-corrected chi connectivity index (χ4v) is 4.51. The van der Waals surface area contributed by atoms with Gasteiger partial charge in [0.05, 0.1) is 11.0 Å². The standard InChI is InChI=1S/C14H17N9O2S2/c15-13(22-23-17)10-6(4-5-9(26-18)12(10)27(19,24)25)7-2-1-3-8-11(7)21-14(16)20-8/h1-5,23H,17-18H2,(H2,15,22)(H3,16,20,21)(H2,19,24,25). The van der Waals surface area contributed by atoms with Crippen LogP contribution in [0.3, 0.4) is 0 Å². The van der Waals surface area contributed by atoms with Gasteiger partial charge in [0.2, 0.25) is 10.0 Å². The Morgan fingerprint density at radius 1 is 1.22 bits per heavy atom. The predicted molar refractivity (Wildman–Crippen MR) is 105 cm³/mol. The van der Waals surface area contributed by atoms with Crippen molar-refractivity contribution in [3.05, 3.63) is 35.9 Å². The molecule has 0 fully saturated rings. The average Bonchev–Trinajstić information content (AvgIpc) is 3.00. The lowest BCUT2D eigenvalue weighted by Crippen LogP contribution is -2.27. The molecule has 142 valence electrons. The number of aromatic nitrogens is 2. The van der Waals surface area contributed by atoms with Gasteiger partial charge in [0, 0.05) is 16.0 Å². The number of benzene rings is 2. The van der Waals surface area contributed by atoms with Crippen molar-refractivity contribution in [1.29, 1.82) is 0 Å². The molecule has 0 saturated carbocycles. The minimum atomic E-state index is -4.20. The molecular formula is C14H17N9O2S2. The summed E-state index contributed by atoms with van der Waals surface area (Å²) in [5.41, 5.74) is 16.0. The van der Waals surface area contributed by atoms with Gasteiger partial charge in [-0.3, -0.25) is 5.14 Å². The SMILES string of the molecule is NN/N=C(\N)c1c(-c2cccc3[nH]c(N)nc23)ccc(SN)c1S(N)(=O)=O. The summed E-state index contributed by atoms with van der Waals surface area (Å²) >= 11 is 0.720. The highest BCUT2D eigenvalue weighted by Gasteiger charge is 2.26. The van der Waals surface area contributed by atoms with Crippen LogP contribution in [-0.2, 0) is 10.0 Å². The van der Waals surface area contributed by atoms with Crippen molar-refractivity contribution < 1.29 is 8.42 Å². The first kappa shape index (κ1) is 18.9. The van der Waals surface area contributed by atoms with Crippen molar-refractivity contribution in [2.45, 2.75) is 9.79 Å². The van der Waals surface area contributed by atoms with Crippen molar-refractivity contribution >= 4 is 44.8 Å². The van der Waals surface area contributed by atoms with E-state index in [-0.39, 0.29) is 27.1 Å². The lowest BCUT2D eigenvalue weighted by molar-refractivity contribution is 0.595. The Balaban J connectivity index is 2.48. The van der Waals surface area contributed by atoms with Crippen LogP contribution in [0, 0.1) is 0 Å². The number of nitrogens with two attached hydrogens (primary N) is 5. The predicted octanol–water partition coefficient (Wildman–Crippen LogP) is -0.491. The van der Waals surface area contributed by atoms with Gasteiger partial charge in [-0.1, -0.05) is 18.2 Å². The summed E-state index contributed by atoms with van der Waals surface area (Å²) in [6, 6.07) is 8.47. The minimum Gasteiger partial charge on any atom is -0.382 e. The van der Waals surface area contributed by atoms with Crippen LogP contribution in [-0.4, -0.2) is 24.2 Å². The maximum atomic E-state index is 12.3. The molecule has 0 saturated heterocycles. The number of rotatable bonds is 5. The number of aromatic amines is 1. The van der Waals surface area contributed by atoms with Crippen LogP contribution in [0.15, 0.2) is 45.2 Å². The number of primary sulfonamides is 1. The normalized spacial score (nSPS) is 12.5. The first-order valence-corrected chi connectivity index (χ1v) is 9.80. The third-order valence-electron chi connectivity index (χ3n) is 3.80. The molecule has 0 aliphatic heterocycles. The molecule has 13 heteroatoms. The maximum absolute atomic E-state index is 12.3. The van der Waals surface area contributed by atoms with E-state index in [2.05, 4.69) is 15.1 Å². The topological polar surface area (TPSA) is 217 Å². The Hall–Kier alpha value is -2.84. The Bertz CT molecular complexity index is 1150. The summed E-state index contributed by atoms with van der Waals surface area (Å²) in [6.45, 7) is 0. The van der Waals surface area contributed by atoms with Crippen molar-refractivity contribution in [1.82, 2.24) is 15.5 Å². The number of nitrogens with one attached hydrogen (secondary N) is 2. The molecule has 1 aromatic heterocycles. The van der Waals surface area contributed by atoms with E-state index in [4.69, 9.17) is 27.6 Å². The Labute approximate surface area is 158 Å². The van der Waals surface area contributed by atoms with Gasteiger partial charge in [-0.05, 0) is 29.6 Å². The van der Waals surface area contributed by atoms with E-state index in [1.54, 1.807) is 24.3 Å². The minimum absolute atomic E-state index is 0.0555. The lowest BCUT2D eigenvalue weighted by atomic mass is 9.97. The van der Waals surface area contributed by atoms with Crippen LogP contribution in [0.5, 0.6) is 0 Å². The Kier molecular flexibility index (Phi) is 4.95. The molecule has 3 aromatic rings. The van der Waals surface area contributed by atoms with Crippen molar-refractivity contribution in [3.8, 4) is 11.1 Å². The summed E-state index contributed by atoms with van der Waals surface area (Å²) in [7, 11) is -4.20. The van der Waals surface area contributed by atoms with Crippen LogP contribution >= 0.6 is 11.9 Å². The first-order valence-electron chi connectivity index (χ1n) is 7.38. The number of fused-ring (bicyclic) bond motifs is 1. The third kappa shape index (κ3) is 3.41. The Morgan fingerprint density at radius 3 is 2.59 bits per heavy atom. The highest BCUT2D eigenvalue weighted by Crippen LogP contribution is 2.36. The van der Waals surface area contributed by atoms with E-state index in [9.17, 15) is 8.42 Å². The van der Waals surface area contributed by atoms with Crippen LogP contribution < -0.4 is 33.1 Å². The molecule has 0 atom stereocenters. The molecule has 3 rings (SSSR count). The maximum Gasteiger partial charge on any atom is 0.239 e. The molecular weight excluding hydrogens is 390 g/mol. The number of para-hydroxylation sites is 1. The van der Waals surface area contributed by atoms with E-state index in [0.29, 0.717) is 22.2 Å². The van der Waals surface area contributed by atoms with E-state index >= 15 is 0 Å². The zero-order chi connectivity index (χ0) is 19.8. The van der Waals surface area contributed by atoms with Gasteiger partial charge in [-0.15, -0.1) is 5.10 Å². The second kappa shape index (κ2) is 7.05. The molecule has 0 aliphatic rings. The number of sulfonamides is 1. The van der Waals surface area contributed by atoms with E-state index < -0.39 is 10.0 Å². The molecule has 0 aliphatic carbocycles. The number of amidine groups is 1. The Morgan fingerprint density at radius 2 is 1.96 bits per heavy atom. The van der Waals surface area contributed by atoms with Crippen molar-refractivity contribution in [2.75, 3.05) is 5.73 Å². The second-order valence-electron chi connectivity index (χ2n) is 5.43. The van der Waals surface area contributed by atoms with Gasteiger partial charge in [0.1, 0.15) is 4.90 Å².